The molecule has 108 valence electrons. The summed E-state index contributed by atoms with van der Waals surface area (Å²) in [6.45, 7) is 4.21. The summed E-state index contributed by atoms with van der Waals surface area (Å²) < 4.78 is 27.3. The Balaban J connectivity index is 2.25. The van der Waals surface area contributed by atoms with Crippen molar-refractivity contribution in [1.29, 1.82) is 0 Å². The minimum absolute atomic E-state index is 0.255. The van der Waals surface area contributed by atoms with Gasteiger partial charge in [0.15, 0.2) is 0 Å². The number of nitrogens with two attached hydrogens (primary N) is 1. The summed E-state index contributed by atoms with van der Waals surface area (Å²) in [5.74, 6) is 0. The summed E-state index contributed by atoms with van der Waals surface area (Å²) in [5, 5.41) is 0. The molecule has 0 aliphatic carbocycles. The number of hydrogen-bond acceptors (Lipinski definition) is 5. The van der Waals surface area contributed by atoms with Crippen LogP contribution >= 0.6 is 11.3 Å². The summed E-state index contributed by atoms with van der Waals surface area (Å²) >= 11 is 1.44. The van der Waals surface area contributed by atoms with E-state index < -0.39 is 10.0 Å². The molecule has 0 saturated carbocycles. The van der Waals surface area contributed by atoms with Crippen molar-refractivity contribution < 1.29 is 8.42 Å². The highest BCUT2D eigenvalue weighted by Gasteiger charge is 2.18. The number of hydrogen-bond donors (Lipinski definition) is 2. The van der Waals surface area contributed by atoms with E-state index in [1.807, 2.05) is 13.0 Å². The fourth-order valence-corrected chi connectivity index (χ4v) is 4.00. The van der Waals surface area contributed by atoms with Crippen molar-refractivity contribution >= 4 is 21.4 Å². The molecule has 1 heterocycles. The van der Waals surface area contributed by atoms with Crippen LogP contribution in [0.25, 0.3) is 0 Å². The van der Waals surface area contributed by atoms with Gasteiger partial charge in [-0.25, -0.2) is 18.1 Å². The lowest BCUT2D eigenvalue weighted by Crippen LogP contribution is -2.24. The molecule has 1 aromatic heterocycles. The number of aromatic nitrogens is 1. The Hall–Kier alpha value is -1.28. The number of sulfonamides is 1. The van der Waals surface area contributed by atoms with Gasteiger partial charge in [0.25, 0.3) is 0 Å². The first-order valence-corrected chi connectivity index (χ1v) is 8.49. The lowest BCUT2D eigenvalue weighted by Gasteiger charge is -2.11. The first kappa shape index (κ1) is 15.1. The lowest BCUT2D eigenvalue weighted by molar-refractivity contribution is 0.581. The van der Waals surface area contributed by atoms with E-state index in [2.05, 4.69) is 9.71 Å². The standard InChI is InChI=1S/C13H17N3O2S2/c1-9-11(6-14)4-3-5-13(9)20(17,18)16-7-12-10(2)15-8-19-12/h3-5,8,16H,6-7,14H2,1-2H3. The first-order chi connectivity index (χ1) is 9.45. The highest BCUT2D eigenvalue weighted by Crippen LogP contribution is 2.19. The van der Waals surface area contributed by atoms with Crippen LogP contribution in [0.3, 0.4) is 0 Å². The Morgan fingerprint density at radius 3 is 2.70 bits per heavy atom. The van der Waals surface area contributed by atoms with E-state index in [0.29, 0.717) is 12.1 Å². The maximum atomic E-state index is 12.4. The Kier molecular flexibility index (Phi) is 4.54. The van der Waals surface area contributed by atoms with Gasteiger partial charge < -0.3 is 5.73 Å². The van der Waals surface area contributed by atoms with E-state index in [-0.39, 0.29) is 11.4 Å². The van der Waals surface area contributed by atoms with Crippen LogP contribution in [0.4, 0.5) is 0 Å². The van der Waals surface area contributed by atoms with E-state index in [1.54, 1.807) is 24.6 Å². The SMILES string of the molecule is Cc1ncsc1CNS(=O)(=O)c1cccc(CN)c1C. The normalized spacial score (nSPS) is 11.8. The van der Waals surface area contributed by atoms with Crippen molar-refractivity contribution in [3.8, 4) is 0 Å². The summed E-state index contributed by atoms with van der Waals surface area (Å²) in [6, 6.07) is 5.14. The van der Waals surface area contributed by atoms with E-state index in [0.717, 1.165) is 16.1 Å². The second-order valence-corrected chi connectivity index (χ2v) is 7.10. The Labute approximate surface area is 122 Å². The molecular formula is C13H17N3O2S2. The number of thiazole rings is 1. The Morgan fingerprint density at radius 1 is 1.35 bits per heavy atom. The molecule has 7 heteroatoms. The minimum atomic E-state index is -3.54. The molecule has 0 amide bonds. The number of rotatable bonds is 5. The molecule has 0 spiro atoms. The largest absolute Gasteiger partial charge is 0.326 e. The van der Waals surface area contributed by atoms with E-state index >= 15 is 0 Å². The molecule has 1 aromatic carbocycles. The van der Waals surface area contributed by atoms with Crippen molar-refractivity contribution in [2.24, 2.45) is 5.73 Å². The number of aryl methyl sites for hydroxylation is 1. The smallest absolute Gasteiger partial charge is 0.241 e. The van der Waals surface area contributed by atoms with Crippen molar-refractivity contribution in [2.75, 3.05) is 0 Å². The Bertz CT molecular complexity index is 708. The molecule has 0 radical (unpaired) electrons. The average Bonchev–Trinajstić information content (AvgIpc) is 2.82. The van der Waals surface area contributed by atoms with Gasteiger partial charge in [-0.15, -0.1) is 11.3 Å². The highest BCUT2D eigenvalue weighted by molar-refractivity contribution is 7.89. The van der Waals surface area contributed by atoms with Crippen LogP contribution in [0.15, 0.2) is 28.6 Å². The topological polar surface area (TPSA) is 85.1 Å². The summed E-state index contributed by atoms with van der Waals surface area (Å²) in [4.78, 5) is 5.30. The monoisotopic (exact) mass is 311 g/mol. The third-order valence-corrected chi connectivity index (χ3v) is 5.65. The third-order valence-electron chi connectivity index (χ3n) is 3.17. The van der Waals surface area contributed by atoms with Gasteiger partial charge in [0.05, 0.1) is 16.1 Å². The first-order valence-electron chi connectivity index (χ1n) is 6.13. The van der Waals surface area contributed by atoms with Crippen LogP contribution in [0.2, 0.25) is 0 Å². The molecule has 2 rings (SSSR count). The number of benzene rings is 1. The Morgan fingerprint density at radius 2 is 2.10 bits per heavy atom. The van der Waals surface area contributed by atoms with Gasteiger partial charge in [-0.2, -0.15) is 0 Å². The zero-order valence-electron chi connectivity index (χ0n) is 11.4. The second-order valence-electron chi connectivity index (χ2n) is 4.43. The van der Waals surface area contributed by atoms with Gasteiger partial charge in [-0.1, -0.05) is 12.1 Å². The quantitative estimate of drug-likeness (QED) is 0.880. The molecule has 20 heavy (non-hydrogen) atoms. The van der Waals surface area contributed by atoms with Crippen LogP contribution in [-0.4, -0.2) is 13.4 Å². The predicted molar refractivity (Wildman–Crippen MR) is 79.9 cm³/mol. The van der Waals surface area contributed by atoms with E-state index in [9.17, 15) is 8.42 Å². The molecule has 2 aromatic rings. The van der Waals surface area contributed by atoms with Crippen LogP contribution in [-0.2, 0) is 23.1 Å². The molecule has 0 aliphatic heterocycles. The van der Waals surface area contributed by atoms with E-state index in [4.69, 9.17) is 5.73 Å². The number of nitrogens with zero attached hydrogens (tertiary/aromatic N) is 1. The van der Waals surface area contributed by atoms with Crippen molar-refractivity contribution in [2.45, 2.75) is 31.8 Å². The zero-order chi connectivity index (χ0) is 14.8. The van der Waals surface area contributed by atoms with E-state index in [1.165, 1.54) is 11.3 Å². The molecule has 0 fully saturated rings. The van der Waals surface area contributed by atoms with Crippen molar-refractivity contribution in [3.63, 3.8) is 0 Å². The van der Waals surface area contributed by atoms with Gasteiger partial charge in [-0.05, 0) is 31.0 Å². The second kappa shape index (κ2) is 6.01. The van der Waals surface area contributed by atoms with Gasteiger partial charge in [0.2, 0.25) is 10.0 Å². The molecule has 3 N–H and O–H groups in total. The van der Waals surface area contributed by atoms with Gasteiger partial charge in [0.1, 0.15) is 0 Å². The van der Waals surface area contributed by atoms with Crippen molar-refractivity contribution in [1.82, 2.24) is 9.71 Å². The third kappa shape index (κ3) is 3.06. The maximum absolute atomic E-state index is 12.4. The summed E-state index contributed by atoms with van der Waals surface area (Å²) in [7, 11) is -3.54. The molecule has 0 aliphatic rings. The summed E-state index contributed by atoms with van der Waals surface area (Å²) in [6.07, 6.45) is 0. The number of nitrogens with one attached hydrogen (secondary N) is 1. The average molecular weight is 311 g/mol. The molecule has 0 bridgehead atoms. The molecular weight excluding hydrogens is 294 g/mol. The highest BCUT2D eigenvalue weighted by atomic mass is 32.2. The molecule has 0 unspecified atom stereocenters. The molecule has 0 saturated heterocycles. The summed E-state index contributed by atoms with van der Waals surface area (Å²) in [5.41, 5.74) is 9.70. The van der Waals surface area contributed by atoms with Crippen LogP contribution in [0, 0.1) is 13.8 Å². The van der Waals surface area contributed by atoms with Gasteiger partial charge in [0, 0.05) is 18.0 Å². The lowest BCUT2D eigenvalue weighted by atomic mass is 10.1. The van der Waals surface area contributed by atoms with Gasteiger partial charge >= 0.3 is 0 Å². The molecule has 0 atom stereocenters. The predicted octanol–water partition coefficient (Wildman–Crippen LogP) is 1.70. The van der Waals surface area contributed by atoms with Gasteiger partial charge in [-0.3, -0.25) is 0 Å². The fourth-order valence-electron chi connectivity index (χ4n) is 1.91. The van der Waals surface area contributed by atoms with Crippen LogP contribution < -0.4 is 10.5 Å². The van der Waals surface area contributed by atoms with Crippen LogP contribution in [0.5, 0.6) is 0 Å². The minimum Gasteiger partial charge on any atom is -0.326 e. The molecule has 5 nitrogen and oxygen atoms in total. The maximum Gasteiger partial charge on any atom is 0.241 e. The zero-order valence-corrected chi connectivity index (χ0v) is 13.0. The fraction of sp³-hybridized carbons (Fsp3) is 0.308. The van der Waals surface area contributed by atoms with Crippen molar-refractivity contribution in [3.05, 3.63) is 45.4 Å². The van der Waals surface area contributed by atoms with Crippen LogP contribution in [0.1, 0.15) is 21.7 Å².